The first-order valence-corrected chi connectivity index (χ1v) is 7.60. The van der Waals surface area contributed by atoms with Crippen LogP contribution in [0, 0.1) is 0 Å². The zero-order valence-electron chi connectivity index (χ0n) is 14.5. The van der Waals surface area contributed by atoms with Gasteiger partial charge in [0.2, 0.25) is 0 Å². The monoisotopic (exact) mass is 336 g/mol. The van der Waals surface area contributed by atoms with Crippen LogP contribution in [0.2, 0.25) is 0 Å². The summed E-state index contributed by atoms with van der Waals surface area (Å²) in [5, 5.41) is 10.6. The highest BCUT2D eigenvalue weighted by Crippen LogP contribution is 2.22. The van der Waals surface area contributed by atoms with Crippen molar-refractivity contribution in [1.82, 2.24) is 10.6 Å². The van der Waals surface area contributed by atoms with Crippen LogP contribution in [0.4, 0.5) is 21.0 Å². The van der Waals surface area contributed by atoms with Crippen LogP contribution < -0.4 is 21.3 Å². The molecule has 0 unspecified atom stereocenters. The molecule has 0 heterocycles. The Hall–Kier alpha value is -2.77. The second kappa shape index (κ2) is 8.76. The van der Waals surface area contributed by atoms with Gasteiger partial charge in [-0.05, 0) is 45.9 Å². The Kier molecular flexibility index (Phi) is 7.03. The van der Waals surface area contributed by atoms with Gasteiger partial charge in [-0.2, -0.15) is 0 Å². The van der Waals surface area contributed by atoms with Gasteiger partial charge in [0.15, 0.2) is 0 Å². The molecule has 0 radical (unpaired) electrons. The maximum atomic E-state index is 11.9. The Morgan fingerprint density at radius 1 is 0.917 bits per heavy atom. The number of benzene rings is 1. The molecule has 1 aromatic carbocycles. The van der Waals surface area contributed by atoms with Crippen LogP contribution in [-0.4, -0.2) is 37.2 Å². The summed E-state index contributed by atoms with van der Waals surface area (Å²) in [6, 6.07) is 3.59. The largest absolute Gasteiger partial charge is 0.465 e. The zero-order valence-corrected chi connectivity index (χ0v) is 14.5. The minimum absolute atomic E-state index is 0.0197. The number of hydrogen-bond acceptors (Lipinski definition) is 4. The summed E-state index contributed by atoms with van der Waals surface area (Å²) in [6.45, 7) is 7.30. The van der Waals surface area contributed by atoms with Crippen LogP contribution >= 0.6 is 0 Å². The van der Waals surface area contributed by atoms with E-state index in [1.807, 2.05) is 27.7 Å². The molecule has 0 saturated carbocycles. The lowest BCUT2D eigenvalue weighted by molar-refractivity contribution is 0.0602. The summed E-state index contributed by atoms with van der Waals surface area (Å²) in [5.41, 5.74) is 0.856. The average molecular weight is 336 g/mol. The molecule has 0 aliphatic heterocycles. The van der Waals surface area contributed by atoms with Crippen molar-refractivity contribution in [3.05, 3.63) is 23.8 Å². The van der Waals surface area contributed by atoms with E-state index >= 15 is 0 Å². The number of ether oxygens (including phenoxy) is 1. The van der Waals surface area contributed by atoms with Crippen molar-refractivity contribution in [2.24, 2.45) is 0 Å². The van der Waals surface area contributed by atoms with Gasteiger partial charge < -0.3 is 26.0 Å². The maximum Gasteiger partial charge on any atom is 0.339 e. The number of methoxy groups -OCH3 is 1. The Morgan fingerprint density at radius 3 is 1.96 bits per heavy atom. The Morgan fingerprint density at radius 2 is 1.46 bits per heavy atom. The van der Waals surface area contributed by atoms with Gasteiger partial charge in [-0.1, -0.05) is 0 Å². The van der Waals surface area contributed by atoms with Crippen molar-refractivity contribution >= 4 is 29.4 Å². The van der Waals surface area contributed by atoms with Crippen molar-refractivity contribution in [3.8, 4) is 0 Å². The topological polar surface area (TPSA) is 109 Å². The van der Waals surface area contributed by atoms with Crippen molar-refractivity contribution in [1.29, 1.82) is 0 Å². The van der Waals surface area contributed by atoms with Gasteiger partial charge in [0, 0.05) is 17.8 Å². The van der Waals surface area contributed by atoms with Crippen LogP contribution in [0.5, 0.6) is 0 Å². The molecule has 0 atom stereocenters. The van der Waals surface area contributed by atoms with E-state index < -0.39 is 12.0 Å². The maximum absolute atomic E-state index is 11.9. The van der Waals surface area contributed by atoms with Crippen molar-refractivity contribution in [3.63, 3.8) is 0 Å². The van der Waals surface area contributed by atoms with Gasteiger partial charge in [0.25, 0.3) is 0 Å². The Balaban J connectivity index is 3.02. The third-order valence-electron chi connectivity index (χ3n) is 2.77. The first-order valence-electron chi connectivity index (χ1n) is 7.60. The fraction of sp³-hybridized carbons (Fsp3) is 0.438. The van der Waals surface area contributed by atoms with Crippen LogP contribution in [0.1, 0.15) is 38.1 Å². The molecule has 1 rings (SSSR count). The van der Waals surface area contributed by atoms with Crippen molar-refractivity contribution in [2.45, 2.75) is 39.8 Å². The number of nitrogens with one attached hydrogen (secondary N) is 4. The number of amides is 4. The Labute approximate surface area is 141 Å². The number of rotatable bonds is 5. The number of anilines is 2. The van der Waals surface area contributed by atoms with E-state index in [1.165, 1.54) is 19.2 Å². The molecule has 0 bridgehead atoms. The van der Waals surface area contributed by atoms with Gasteiger partial charge in [0.1, 0.15) is 0 Å². The molecular formula is C16H24N4O4. The molecule has 4 N–H and O–H groups in total. The normalized spacial score (nSPS) is 10.3. The zero-order chi connectivity index (χ0) is 18.3. The molecule has 8 heteroatoms. The molecule has 1 aromatic rings. The second-order valence-electron chi connectivity index (χ2n) is 5.76. The minimum Gasteiger partial charge on any atom is -0.465 e. The lowest BCUT2D eigenvalue weighted by Crippen LogP contribution is -2.35. The summed E-state index contributed by atoms with van der Waals surface area (Å²) in [7, 11) is 1.25. The van der Waals surface area contributed by atoms with E-state index in [0.29, 0.717) is 5.69 Å². The molecule has 0 aliphatic carbocycles. The molecule has 132 valence electrons. The molecule has 0 aromatic heterocycles. The van der Waals surface area contributed by atoms with E-state index in [2.05, 4.69) is 21.3 Å². The number of hydrogen-bond donors (Lipinski definition) is 4. The lowest BCUT2D eigenvalue weighted by Gasteiger charge is -2.15. The van der Waals surface area contributed by atoms with Gasteiger partial charge in [0.05, 0.1) is 18.4 Å². The standard InChI is InChI=1S/C16H24N4O4/c1-9(2)17-15(22)19-11-6-7-12(14(21)24-5)13(8-11)20-16(23)18-10(3)4/h6-10H,1-5H3,(H2,17,19,22)(H2,18,20,23). The molecule has 0 fully saturated rings. The fourth-order valence-corrected chi connectivity index (χ4v) is 1.86. The molecule has 0 spiro atoms. The summed E-state index contributed by atoms with van der Waals surface area (Å²) in [5.74, 6) is -0.590. The van der Waals surface area contributed by atoms with Gasteiger partial charge in [-0.15, -0.1) is 0 Å². The number of esters is 1. The van der Waals surface area contributed by atoms with E-state index in [4.69, 9.17) is 4.74 Å². The quantitative estimate of drug-likeness (QED) is 0.620. The van der Waals surface area contributed by atoms with E-state index in [1.54, 1.807) is 6.07 Å². The van der Waals surface area contributed by atoms with E-state index in [-0.39, 0.29) is 29.4 Å². The van der Waals surface area contributed by atoms with Crippen molar-refractivity contribution < 1.29 is 19.1 Å². The van der Waals surface area contributed by atoms with Gasteiger partial charge >= 0.3 is 18.0 Å². The predicted octanol–water partition coefficient (Wildman–Crippen LogP) is 2.53. The van der Waals surface area contributed by atoms with Crippen molar-refractivity contribution in [2.75, 3.05) is 17.7 Å². The molecule has 0 aliphatic rings. The highest BCUT2D eigenvalue weighted by molar-refractivity contribution is 6.02. The summed E-state index contributed by atoms with van der Waals surface area (Å²) in [4.78, 5) is 35.5. The molecule has 4 amide bonds. The number of urea groups is 2. The number of carbonyl (C=O) groups is 3. The third-order valence-corrected chi connectivity index (χ3v) is 2.77. The van der Waals surface area contributed by atoms with Crippen LogP contribution in [0.3, 0.4) is 0 Å². The van der Waals surface area contributed by atoms with Gasteiger partial charge in [-0.25, -0.2) is 14.4 Å². The summed E-state index contributed by atoms with van der Waals surface area (Å²) in [6.07, 6.45) is 0. The lowest BCUT2D eigenvalue weighted by atomic mass is 10.1. The average Bonchev–Trinajstić information content (AvgIpc) is 2.44. The highest BCUT2D eigenvalue weighted by atomic mass is 16.5. The number of carbonyl (C=O) groups excluding carboxylic acids is 3. The van der Waals surface area contributed by atoms with Crippen LogP contribution in [0.15, 0.2) is 18.2 Å². The van der Waals surface area contributed by atoms with Crippen LogP contribution in [-0.2, 0) is 4.74 Å². The second-order valence-corrected chi connectivity index (χ2v) is 5.76. The Bertz CT molecular complexity index is 614. The van der Waals surface area contributed by atoms with Gasteiger partial charge in [-0.3, -0.25) is 0 Å². The summed E-state index contributed by atoms with van der Waals surface area (Å²) >= 11 is 0. The smallest absolute Gasteiger partial charge is 0.339 e. The first-order chi connectivity index (χ1) is 11.2. The predicted molar refractivity (Wildman–Crippen MR) is 92.4 cm³/mol. The van der Waals surface area contributed by atoms with E-state index in [0.717, 1.165) is 0 Å². The third kappa shape index (κ3) is 6.15. The SMILES string of the molecule is COC(=O)c1ccc(NC(=O)NC(C)C)cc1NC(=O)NC(C)C. The fourth-order valence-electron chi connectivity index (χ4n) is 1.86. The molecular weight excluding hydrogens is 312 g/mol. The van der Waals surface area contributed by atoms with E-state index in [9.17, 15) is 14.4 Å². The first kappa shape index (κ1) is 19.3. The summed E-state index contributed by atoms with van der Waals surface area (Å²) < 4.78 is 4.70. The molecule has 24 heavy (non-hydrogen) atoms. The molecule has 0 saturated heterocycles. The van der Waals surface area contributed by atoms with Crippen LogP contribution in [0.25, 0.3) is 0 Å². The molecule has 8 nitrogen and oxygen atoms in total. The minimum atomic E-state index is -0.590. The highest BCUT2D eigenvalue weighted by Gasteiger charge is 2.16.